The standard InChI is InChI=1S/C20H25N3O4S/c1-22(2)28(24,25)20-12-11-18(26-20)15-23(3)13-7-10-17-14-19(21-27-17)16-8-5-4-6-9-16/h4-6,8-9,11-12,14H,7,10,13,15H2,1-3H3. The lowest BCUT2D eigenvalue weighted by Crippen LogP contribution is -2.22. The molecule has 0 atom stereocenters. The molecule has 0 N–H and O–H groups in total. The monoisotopic (exact) mass is 403 g/mol. The lowest BCUT2D eigenvalue weighted by Gasteiger charge is -2.14. The van der Waals surface area contributed by atoms with Crippen molar-refractivity contribution >= 4 is 10.0 Å². The topological polar surface area (TPSA) is 79.8 Å². The van der Waals surface area contributed by atoms with E-state index < -0.39 is 10.0 Å². The van der Waals surface area contributed by atoms with E-state index in [1.807, 2.05) is 43.4 Å². The maximum absolute atomic E-state index is 12.1. The molecular formula is C20H25N3O4S. The molecule has 2 aromatic heterocycles. The summed E-state index contributed by atoms with van der Waals surface area (Å²) in [5.41, 5.74) is 1.88. The second-order valence-corrected chi connectivity index (χ2v) is 8.98. The SMILES string of the molecule is CN(CCCc1cc(-c2ccccc2)no1)Cc1ccc(S(=O)(=O)N(C)C)o1. The van der Waals surface area contributed by atoms with E-state index in [1.54, 1.807) is 6.07 Å². The van der Waals surface area contributed by atoms with Gasteiger partial charge in [0.2, 0.25) is 5.09 Å². The summed E-state index contributed by atoms with van der Waals surface area (Å²) in [5.74, 6) is 1.47. The van der Waals surface area contributed by atoms with Crippen molar-refractivity contribution in [2.75, 3.05) is 27.7 Å². The highest BCUT2D eigenvalue weighted by Gasteiger charge is 2.21. The minimum absolute atomic E-state index is 0.0315. The Balaban J connectivity index is 1.48. The predicted molar refractivity (Wildman–Crippen MR) is 106 cm³/mol. The van der Waals surface area contributed by atoms with Crippen molar-refractivity contribution in [3.63, 3.8) is 0 Å². The predicted octanol–water partition coefficient (Wildman–Crippen LogP) is 3.25. The quantitative estimate of drug-likeness (QED) is 0.546. The zero-order valence-corrected chi connectivity index (χ0v) is 17.1. The summed E-state index contributed by atoms with van der Waals surface area (Å²) in [6.45, 7) is 1.35. The summed E-state index contributed by atoms with van der Waals surface area (Å²) in [6, 6.07) is 15.1. The maximum atomic E-state index is 12.1. The first kappa shape index (κ1) is 20.3. The van der Waals surface area contributed by atoms with E-state index in [-0.39, 0.29) is 5.09 Å². The van der Waals surface area contributed by atoms with Crippen LogP contribution in [-0.2, 0) is 23.0 Å². The lowest BCUT2D eigenvalue weighted by atomic mass is 10.1. The number of hydrogen-bond donors (Lipinski definition) is 0. The molecule has 0 amide bonds. The summed E-state index contributed by atoms with van der Waals surface area (Å²) in [6.07, 6.45) is 1.67. The van der Waals surface area contributed by atoms with Crippen molar-refractivity contribution in [2.24, 2.45) is 0 Å². The van der Waals surface area contributed by atoms with Crippen molar-refractivity contribution in [1.82, 2.24) is 14.4 Å². The zero-order valence-electron chi connectivity index (χ0n) is 16.3. The minimum Gasteiger partial charge on any atom is -0.447 e. The summed E-state index contributed by atoms with van der Waals surface area (Å²) in [7, 11) is 1.40. The van der Waals surface area contributed by atoms with Gasteiger partial charge in [0.05, 0.1) is 6.54 Å². The highest BCUT2D eigenvalue weighted by atomic mass is 32.2. The van der Waals surface area contributed by atoms with E-state index in [0.717, 1.165) is 40.7 Å². The van der Waals surface area contributed by atoms with Crippen molar-refractivity contribution in [1.29, 1.82) is 0 Å². The molecule has 0 fully saturated rings. The molecule has 7 nitrogen and oxygen atoms in total. The first-order valence-electron chi connectivity index (χ1n) is 9.07. The molecule has 0 bridgehead atoms. The molecule has 0 radical (unpaired) electrons. The van der Waals surface area contributed by atoms with Crippen LogP contribution in [0.15, 0.2) is 62.6 Å². The fourth-order valence-corrected chi connectivity index (χ4v) is 3.62. The molecule has 3 rings (SSSR count). The van der Waals surface area contributed by atoms with Gasteiger partial charge in [-0.15, -0.1) is 0 Å². The average Bonchev–Trinajstić information content (AvgIpc) is 3.32. The van der Waals surface area contributed by atoms with E-state index in [2.05, 4.69) is 10.1 Å². The molecule has 0 aliphatic carbocycles. The molecule has 0 aliphatic rings. The van der Waals surface area contributed by atoms with Gasteiger partial charge in [-0.25, -0.2) is 12.7 Å². The number of nitrogens with zero attached hydrogens (tertiary/aromatic N) is 3. The third-order valence-corrected chi connectivity index (χ3v) is 6.08. The Kier molecular flexibility index (Phi) is 6.33. The normalized spacial score (nSPS) is 12.2. The van der Waals surface area contributed by atoms with Gasteiger partial charge >= 0.3 is 0 Å². The molecular weight excluding hydrogens is 378 g/mol. The summed E-state index contributed by atoms with van der Waals surface area (Å²) in [4.78, 5) is 2.08. The maximum Gasteiger partial charge on any atom is 0.275 e. The Morgan fingerprint density at radius 1 is 1.00 bits per heavy atom. The van der Waals surface area contributed by atoms with Gasteiger partial charge in [0.15, 0.2) is 0 Å². The molecule has 28 heavy (non-hydrogen) atoms. The zero-order chi connectivity index (χ0) is 20.1. The van der Waals surface area contributed by atoms with E-state index in [0.29, 0.717) is 12.3 Å². The van der Waals surface area contributed by atoms with Gasteiger partial charge in [-0.3, -0.25) is 4.90 Å². The van der Waals surface area contributed by atoms with Crippen LogP contribution in [0.2, 0.25) is 0 Å². The molecule has 2 heterocycles. The summed E-state index contributed by atoms with van der Waals surface area (Å²) in [5, 5.41) is 4.10. The Hall–Kier alpha value is -2.42. The first-order chi connectivity index (χ1) is 13.4. The Morgan fingerprint density at radius 2 is 1.75 bits per heavy atom. The van der Waals surface area contributed by atoms with Crippen LogP contribution in [0.25, 0.3) is 11.3 Å². The third-order valence-electron chi connectivity index (χ3n) is 4.39. The number of rotatable bonds is 9. The van der Waals surface area contributed by atoms with Crippen molar-refractivity contribution < 1.29 is 17.4 Å². The van der Waals surface area contributed by atoms with Crippen LogP contribution in [-0.4, -0.2) is 50.5 Å². The fraction of sp³-hybridized carbons (Fsp3) is 0.350. The minimum atomic E-state index is -3.54. The Morgan fingerprint density at radius 3 is 2.46 bits per heavy atom. The highest BCUT2D eigenvalue weighted by molar-refractivity contribution is 7.88. The molecule has 1 aromatic carbocycles. The van der Waals surface area contributed by atoms with E-state index in [1.165, 1.54) is 20.2 Å². The van der Waals surface area contributed by atoms with Crippen LogP contribution in [0.5, 0.6) is 0 Å². The van der Waals surface area contributed by atoms with Crippen LogP contribution >= 0.6 is 0 Å². The molecule has 3 aromatic rings. The van der Waals surface area contributed by atoms with Crippen LogP contribution in [0.3, 0.4) is 0 Å². The van der Waals surface area contributed by atoms with E-state index >= 15 is 0 Å². The highest BCUT2D eigenvalue weighted by Crippen LogP contribution is 2.20. The van der Waals surface area contributed by atoms with Crippen LogP contribution < -0.4 is 0 Å². The second-order valence-electron chi connectivity index (χ2n) is 6.89. The fourth-order valence-electron chi connectivity index (χ4n) is 2.81. The molecule has 0 unspecified atom stereocenters. The lowest BCUT2D eigenvalue weighted by molar-refractivity contribution is 0.273. The van der Waals surface area contributed by atoms with Gasteiger partial charge in [-0.05, 0) is 32.1 Å². The average molecular weight is 404 g/mol. The Bertz CT molecular complexity index is 993. The van der Waals surface area contributed by atoms with Gasteiger partial charge in [-0.1, -0.05) is 35.5 Å². The molecule has 150 valence electrons. The number of furan rings is 1. The van der Waals surface area contributed by atoms with Gasteiger partial charge in [-0.2, -0.15) is 0 Å². The number of aromatic nitrogens is 1. The number of benzene rings is 1. The number of sulfonamides is 1. The second kappa shape index (κ2) is 8.72. The molecule has 0 aliphatic heterocycles. The van der Waals surface area contributed by atoms with Crippen molar-refractivity contribution in [2.45, 2.75) is 24.5 Å². The molecule has 0 spiro atoms. The van der Waals surface area contributed by atoms with Crippen LogP contribution in [0.1, 0.15) is 17.9 Å². The van der Waals surface area contributed by atoms with E-state index in [9.17, 15) is 8.42 Å². The van der Waals surface area contributed by atoms with Crippen LogP contribution in [0.4, 0.5) is 0 Å². The van der Waals surface area contributed by atoms with Gasteiger partial charge in [0.25, 0.3) is 10.0 Å². The van der Waals surface area contributed by atoms with Gasteiger partial charge < -0.3 is 8.94 Å². The number of aryl methyl sites for hydroxylation is 1. The van der Waals surface area contributed by atoms with Gasteiger partial charge in [0, 0.05) is 32.1 Å². The molecule has 8 heteroatoms. The van der Waals surface area contributed by atoms with Gasteiger partial charge in [0.1, 0.15) is 17.2 Å². The first-order valence-corrected chi connectivity index (χ1v) is 10.5. The molecule has 0 saturated carbocycles. The Labute approximate surface area is 165 Å². The molecule has 0 saturated heterocycles. The van der Waals surface area contributed by atoms with Crippen molar-refractivity contribution in [3.8, 4) is 11.3 Å². The number of hydrogen-bond acceptors (Lipinski definition) is 6. The van der Waals surface area contributed by atoms with Crippen LogP contribution in [0, 0.1) is 0 Å². The largest absolute Gasteiger partial charge is 0.447 e. The third kappa shape index (κ3) is 4.89. The van der Waals surface area contributed by atoms with E-state index in [4.69, 9.17) is 8.94 Å². The summed E-state index contributed by atoms with van der Waals surface area (Å²) < 4.78 is 36.2. The van der Waals surface area contributed by atoms with Crippen molar-refractivity contribution in [3.05, 3.63) is 60.1 Å². The summed E-state index contributed by atoms with van der Waals surface area (Å²) >= 11 is 0. The smallest absolute Gasteiger partial charge is 0.275 e.